The number of carboxylic acid groups (broad SMARTS) is 1. The molecule has 0 aromatic carbocycles. The summed E-state index contributed by atoms with van der Waals surface area (Å²) >= 11 is 1.53. The minimum atomic E-state index is -0.959. The first kappa shape index (κ1) is 25.6. The molecule has 12 heteroatoms. The molecule has 0 bridgehead atoms. The van der Waals surface area contributed by atoms with Crippen LogP contribution in [0.15, 0.2) is 36.1 Å². The summed E-state index contributed by atoms with van der Waals surface area (Å²) in [6.07, 6.45) is 5.14. The van der Waals surface area contributed by atoms with Gasteiger partial charge >= 0.3 is 12.1 Å². The highest BCUT2D eigenvalue weighted by Crippen LogP contribution is 2.31. The molecule has 198 valence electrons. The van der Waals surface area contributed by atoms with Crippen molar-refractivity contribution < 1.29 is 19.4 Å². The molecule has 0 radical (unpaired) electrons. The lowest BCUT2D eigenvalue weighted by molar-refractivity contribution is -0.143. The lowest BCUT2D eigenvalue weighted by Crippen LogP contribution is -2.51. The van der Waals surface area contributed by atoms with Crippen LogP contribution in [0, 0.1) is 12.8 Å². The van der Waals surface area contributed by atoms with E-state index in [1.54, 1.807) is 33.2 Å². The Morgan fingerprint density at radius 3 is 2.74 bits per heavy atom. The molecular weight excluding hydrogens is 506 g/mol. The smallest absolute Gasteiger partial charge is 0.410 e. The number of rotatable bonds is 5. The van der Waals surface area contributed by atoms with Gasteiger partial charge in [-0.15, -0.1) is 11.3 Å². The molecule has 1 fully saturated rings. The number of hydrogen-bond acceptors (Lipinski definition) is 9. The average Bonchev–Trinajstić information content (AvgIpc) is 3.54. The molecule has 3 N–H and O–H groups in total. The van der Waals surface area contributed by atoms with Gasteiger partial charge in [0, 0.05) is 54.1 Å². The van der Waals surface area contributed by atoms with E-state index >= 15 is 0 Å². The van der Waals surface area contributed by atoms with Crippen LogP contribution in [0.2, 0.25) is 0 Å². The number of carbonyl (C=O) groups is 2. The third-order valence-electron chi connectivity index (χ3n) is 6.20. The van der Waals surface area contributed by atoms with Gasteiger partial charge in [0.2, 0.25) is 5.95 Å². The lowest BCUT2D eigenvalue weighted by atomic mass is 9.94. The van der Waals surface area contributed by atoms with Crippen LogP contribution in [0.1, 0.15) is 32.8 Å². The number of carbonyl (C=O) groups excluding carboxylic acids is 1. The topological polar surface area (TPSA) is 146 Å². The Balaban J connectivity index is 1.39. The van der Waals surface area contributed by atoms with Crippen LogP contribution in [0.4, 0.5) is 10.7 Å². The number of anilines is 1. The lowest BCUT2D eigenvalue weighted by Gasteiger charge is -2.37. The highest BCUT2D eigenvalue weighted by molar-refractivity contribution is 7.13. The summed E-state index contributed by atoms with van der Waals surface area (Å²) in [5.74, 6) is -1.34. The summed E-state index contributed by atoms with van der Waals surface area (Å²) in [5.41, 5.74) is 3.33. The van der Waals surface area contributed by atoms with Gasteiger partial charge in [-0.3, -0.25) is 4.79 Å². The molecule has 1 amide bonds. The van der Waals surface area contributed by atoms with Gasteiger partial charge in [0.05, 0.1) is 11.6 Å². The number of H-pyrrole nitrogens is 1. The molecule has 1 aliphatic rings. The highest BCUT2D eigenvalue weighted by Gasteiger charge is 2.36. The number of hydrogen-bond donors (Lipinski definition) is 3. The minimum absolute atomic E-state index is 0.0910. The number of thiazole rings is 1. The zero-order valence-corrected chi connectivity index (χ0v) is 22.4. The second-order valence-electron chi connectivity index (χ2n) is 10.4. The van der Waals surface area contributed by atoms with Gasteiger partial charge in [0.25, 0.3) is 0 Å². The number of nitrogens with one attached hydrogen (secondary N) is 2. The Bertz CT molecular complexity index is 1480. The van der Waals surface area contributed by atoms with Crippen molar-refractivity contribution in [1.29, 1.82) is 0 Å². The summed E-state index contributed by atoms with van der Waals surface area (Å²) in [5, 5.41) is 16.6. The van der Waals surface area contributed by atoms with Crippen LogP contribution in [-0.4, -0.2) is 71.7 Å². The number of aryl methyl sites for hydroxylation is 1. The second kappa shape index (κ2) is 10.0. The molecule has 1 saturated heterocycles. The van der Waals surface area contributed by atoms with Gasteiger partial charge in [0.1, 0.15) is 21.9 Å². The summed E-state index contributed by atoms with van der Waals surface area (Å²) in [4.78, 5) is 47.4. The molecule has 4 aromatic heterocycles. The number of piperidine rings is 1. The van der Waals surface area contributed by atoms with E-state index in [0.29, 0.717) is 12.4 Å². The van der Waals surface area contributed by atoms with E-state index in [0.717, 1.165) is 38.6 Å². The van der Waals surface area contributed by atoms with Crippen LogP contribution < -0.4 is 5.32 Å². The third-order valence-corrected chi connectivity index (χ3v) is 7.00. The van der Waals surface area contributed by atoms with Crippen LogP contribution in [0.3, 0.4) is 0 Å². The Kier molecular flexibility index (Phi) is 6.74. The number of carboxylic acids is 1. The van der Waals surface area contributed by atoms with Crippen molar-refractivity contribution in [3.63, 3.8) is 0 Å². The molecule has 0 saturated carbocycles. The predicted molar refractivity (Wildman–Crippen MR) is 144 cm³/mol. The fourth-order valence-electron chi connectivity index (χ4n) is 4.49. The van der Waals surface area contributed by atoms with E-state index in [-0.39, 0.29) is 19.1 Å². The molecule has 2 atom stereocenters. The number of nitrogens with zero attached hydrogens (tertiary/aromatic N) is 5. The maximum absolute atomic E-state index is 12.7. The summed E-state index contributed by atoms with van der Waals surface area (Å²) in [7, 11) is 0. The number of likely N-dealkylation sites (tertiary alicyclic amines) is 1. The summed E-state index contributed by atoms with van der Waals surface area (Å²) < 4.78 is 5.48. The second-order valence-corrected chi connectivity index (χ2v) is 11.2. The Labute approximate surface area is 223 Å². The van der Waals surface area contributed by atoms with Gasteiger partial charge in [-0.25, -0.2) is 24.7 Å². The molecule has 0 unspecified atom stereocenters. The van der Waals surface area contributed by atoms with Gasteiger partial charge in [0.15, 0.2) is 0 Å². The monoisotopic (exact) mass is 535 g/mol. The maximum Gasteiger partial charge on any atom is 0.410 e. The summed E-state index contributed by atoms with van der Waals surface area (Å²) in [6.45, 7) is 7.64. The summed E-state index contributed by atoms with van der Waals surface area (Å²) in [6, 6.07) is 3.57. The highest BCUT2D eigenvalue weighted by atomic mass is 32.1. The van der Waals surface area contributed by atoms with Crippen molar-refractivity contribution in [2.45, 2.75) is 45.8 Å². The average molecular weight is 536 g/mol. The standard InChI is InChI=1S/C26H29N7O4S/c1-14-10-29-24(30-16-9-15(23(34)35)12-33(13-16)25(36)37-26(2,3)4)32-20(14)18-11-28-21-17(18)5-6-19(31-21)22-27-7-8-38-22/h5-8,10-11,15-16H,9,12-13H2,1-4H3,(H,28,31)(H,34,35)(H,29,30,32)/t15-,16+/m1/s1. The van der Waals surface area contributed by atoms with Crippen molar-refractivity contribution in [3.05, 3.63) is 41.7 Å². The molecule has 11 nitrogen and oxygen atoms in total. The van der Waals surface area contributed by atoms with Crippen molar-refractivity contribution in [3.8, 4) is 22.0 Å². The molecule has 0 spiro atoms. The first-order valence-electron chi connectivity index (χ1n) is 12.3. The van der Waals surface area contributed by atoms with E-state index in [9.17, 15) is 14.7 Å². The Morgan fingerprint density at radius 2 is 2.03 bits per heavy atom. The predicted octanol–water partition coefficient (Wildman–Crippen LogP) is 4.57. The molecule has 1 aliphatic heterocycles. The number of fused-ring (bicyclic) bond motifs is 1. The minimum Gasteiger partial charge on any atom is -0.481 e. The van der Waals surface area contributed by atoms with Crippen LogP contribution in [0.25, 0.3) is 33.0 Å². The molecular formula is C26H29N7O4S. The van der Waals surface area contributed by atoms with E-state index < -0.39 is 23.6 Å². The fraction of sp³-hybridized carbons (Fsp3) is 0.385. The van der Waals surface area contributed by atoms with E-state index in [4.69, 9.17) is 14.7 Å². The molecule has 5 rings (SSSR count). The first-order valence-corrected chi connectivity index (χ1v) is 13.1. The maximum atomic E-state index is 12.7. The quantitative estimate of drug-likeness (QED) is 0.334. The third kappa shape index (κ3) is 5.44. The van der Waals surface area contributed by atoms with Crippen molar-refractivity contribution >= 4 is 40.4 Å². The number of aromatic nitrogens is 5. The number of amides is 1. The number of aliphatic carboxylic acids is 1. The van der Waals surface area contributed by atoms with Gasteiger partial charge in [-0.1, -0.05) is 0 Å². The van der Waals surface area contributed by atoms with Crippen molar-refractivity contribution in [2.24, 2.45) is 5.92 Å². The number of aromatic amines is 1. The fourth-order valence-corrected chi connectivity index (χ4v) is 5.10. The largest absolute Gasteiger partial charge is 0.481 e. The van der Waals surface area contributed by atoms with Gasteiger partial charge < -0.3 is 25.0 Å². The number of pyridine rings is 1. The van der Waals surface area contributed by atoms with E-state index in [2.05, 4.69) is 20.3 Å². The zero-order valence-electron chi connectivity index (χ0n) is 21.6. The Morgan fingerprint density at radius 1 is 1.21 bits per heavy atom. The van der Waals surface area contributed by atoms with Crippen LogP contribution >= 0.6 is 11.3 Å². The van der Waals surface area contributed by atoms with Gasteiger partial charge in [-0.2, -0.15) is 0 Å². The molecule has 38 heavy (non-hydrogen) atoms. The van der Waals surface area contributed by atoms with E-state index in [1.807, 2.05) is 30.6 Å². The number of ether oxygens (including phenoxy) is 1. The van der Waals surface area contributed by atoms with Gasteiger partial charge in [-0.05, 0) is 51.8 Å². The van der Waals surface area contributed by atoms with Crippen molar-refractivity contribution in [2.75, 3.05) is 18.4 Å². The molecule has 5 heterocycles. The Hall–Kier alpha value is -4.06. The van der Waals surface area contributed by atoms with Crippen LogP contribution in [-0.2, 0) is 9.53 Å². The first-order chi connectivity index (χ1) is 18.1. The SMILES string of the molecule is Cc1cnc(N[C@H]2C[C@@H](C(=O)O)CN(C(=O)OC(C)(C)C)C2)nc1-c1c[nH]c2nc(-c3nccs3)ccc12. The molecule has 4 aromatic rings. The van der Waals surface area contributed by atoms with E-state index in [1.165, 1.54) is 16.2 Å². The molecule has 0 aliphatic carbocycles. The normalized spacial score (nSPS) is 17.9. The van der Waals surface area contributed by atoms with Crippen LogP contribution in [0.5, 0.6) is 0 Å². The zero-order chi connectivity index (χ0) is 27.0. The van der Waals surface area contributed by atoms with Crippen molar-refractivity contribution in [1.82, 2.24) is 29.8 Å².